The van der Waals surface area contributed by atoms with Gasteiger partial charge in [0.25, 0.3) is 5.91 Å². The zero-order valence-electron chi connectivity index (χ0n) is 22.9. The molecule has 0 bridgehead atoms. The molecule has 218 valence electrons. The normalized spacial score (nSPS) is 17.9. The van der Waals surface area contributed by atoms with E-state index in [1.54, 1.807) is 24.3 Å². The van der Waals surface area contributed by atoms with Gasteiger partial charge in [-0.2, -0.15) is 13.2 Å². The molecule has 0 aliphatic carbocycles. The fourth-order valence-electron chi connectivity index (χ4n) is 5.62. The van der Waals surface area contributed by atoms with E-state index in [2.05, 4.69) is 34.5 Å². The molecule has 5 rings (SSSR count). The number of carbonyl (C=O) groups excluding carboxylic acids is 1. The third-order valence-corrected chi connectivity index (χ3v) is 8.21. The van der Waals surface area contributed by atoms with Crippen LogP contribution < -0.4 is 10.1 Å². The quantitative estimate of drug-likeness (QED) is 0.316. The van der Waals surface area contributed by atoms with Gasteiger partial charge in [0, 0.05) is 50.9 Å². The fraction of sp³-hybridized carbons (Fsp3) is 0.406. The summed E-state index contributed by atoms with van der Waals surface area (Å²) >= 11 is 6.50. The summed E-state index contributed by atoms with van der Waals surface area (Å²) in [4.78, 5) is 17.3. The number of nitrogens with zero attached hydrogens (tertiary/aromatic N) is 2. The van der Waals surface area contributed by atoms with E-state index < -0.39 is 11.7 Å². The highest BCUT2D eigenvalue weighted by Crippen LogP contribution is 2.33. The van der Waals surface area contributed by atoms with Gasteiger partial charge < -0.3 is 10.1 Å². The van der Waals surface area contributed by atoms with Gasteiger partial charge in [0.05, 0.1) is 10.6 Å². The number of likely N-dealkylation sites (tertiary alicyclic amines) is 2. The third-order valence-electron chi connectivity index (χ3n) is 7.91. The number of hydrogen-bond donors (Lipinski definition) is 1. The van der Waals surface area contributed by atoms with Gasteiger partial charge >= 0.3 is 6.18 Å². The average Bonchev–Trinajstić information content (AvgIpc) is 2.96. The van der Waals surface area contributed by atoms with E-state index >= 15 is 0 Å². The Kier molecular flexibility index (Phi) is 9.53. The number of amides is 1. The fourth-order valence-corrected chi connectivity index (χ4v) is 5.85. The minimum absolute atomic E-state index is 0.0950. The molecule has 0 unspecified atom stereocenters. The van der Waals surface area contributed by atoms with Crippen LogP contribution in [0.25, 0.3) is 0 Å². The Morgan fingerprint density at radius 1 is 0.854 bits per heavy atom. The molecule has 2 heterocycles. The lowest BCUT2D eigenvalue weighted by Crippen LogP contribution is -2.44. The van der Waals surface area contributed by atoms with Gasteiger partial charge in [-0.3, -0.25) is 14.6 Å². The molecule has 0 saturated carbocycles. The molecule has 0 atom stereocenters. The number of carbonyl (C=O) groups is 1. The Balaban J connectivity index is 1.07. The minimum Gasteiger partial charge on any atom is -0.489 e. The molecule has 5 nitrogen and oxygen atoms in total. The highest BCUT2D eigenvalue weighted by Gasteiger charge is 2.33. The minimum atomic E-state index is -4.36. The Morgan fingerprint density at radius 3 is 2.17 bits per heavy atom. The molecule has 2 fully saturated rings. The standard InChI is InChI=1S/C32H35ClF3N3O2/c33-29-20-24(31(40)37-26-12-16-38(17-13-26)21-23-6-2-1-3-7-23)10-11-30(29)41-27-14-18-39(19-15-27)22-25-8-4-5-9-28(25)32(34,35)36/h1-11,20,26-27H,12-19,21-22H2,(H,37,40). The molecular formula is C32H35ClF3N3O2. The SMILES string of the molecule is O=C(NC1CCN(Cc2ccccc2)CC1)c1ccc(OC2CCN(Cc3ccccc3C(F)(F)F)CC2)c(Cl)c1. The van der Waals surface area contributed by atoms with Crippen molar-refractivity contribution in [2.45, 2.75) is 57.1 Å². The molecule has 9 heteroatoms. The first kappa shape index (κ1) is 29.4. The number of nitrogens with one attached hydrogen (secondary N) is 1. The van der Waals surface area contributed by atoms with Gasteiger partial charge in [-0.25, -0.2) is 0 Å². The Hall–Kier alpha value is -3.07. The van der Waals surface area contributed by atoms with Crippen molar-refractivity contribution in [3.8, 4) is 5.75 Å². The van der Waals surface area contributed by atoms with E-state index in [-0.39, 0.29) is 30.2 Å². The largest absolute Gasteiger partial charge is 0.489 e. The molecule has 0 aromatic heterocycles. The molecule has 2 aliphatic heterocycles. The molecule has 3 aromatic rings. The second kappa shape index (κ2) is 13.3. The molecule has 2 saturated heterocycles. The lowest BCUT2D eigenvalue weighted by atomic mass is 10.0. The molecule has 2 aliphatic rings. The Labute approximate surface area is 244 Å². The van der Waals surface area contributed by atoms with Gasteiger partial charge in [-0.1, -0.05) is 60.1 Å². The smallest absolute Gasteiger partial charge is 0.416 e. The highest BCUT2D eigenvalue weighted by molar-refractivity contribution is 6.32. The number of alkyl halides is 3. The summed E-state index contributed by atoms with van der Waals surface area (Å²) in [7, 11) is 0. The van der Waals surface area contributed by atoms with Crippen molar-refractivity contribution in [2.24, 2.45) is 0 Å². The first-order chi connectivity index (χ1) is 19.7. The van der Waals surface area contributed by atoms with E-state index in [0.717, 1.165) is 38.5 Å². The summed E-state index contributed by atoms with van der Waals surface area (Å²) in [5, 5.41) is 3.52. The van der Waals surface area contributed by atoms with Crippen molar-refractivity contribution in [3.05, 3.63) is 100 Å². The van der Waals surface area contributed by atoms with Crippen LogP contribution in [-0.2, 0) is 19.3 Å². The number of hydrogen-bond acceptors (Lipinski definition) is 4. The van der Waals surface area contributed by atoms with Crippen molar-refractivity contribution in [3.63, 3.8) is 0 Å². The summed E-state index contributed by atoms with van der Waals surface area (Å²) in [5.74, 6) is 0.366. The maximum absolute atomic E-state index is 13.3. The number of rotatable bonds is 8. The lowest BCUT2D eigenvalue weighted by molar-refractivity contribution is -0.138. The molecule has 0 spiro atoms. The first-order valence-electron chi connectivity index (χ1n) is 14.2. The van der Waals surface area contributed by atoms with Crippen LogP contribution in [0.3, 0.4) is 0 Å². The number of piperidine rings is 2. The predicted molar refractivity (Wildman–Crippen MR) is 154 cm³/mol. The molecule has 1 N–H and O–H groups in total. The van der Waals surface area contributed by atoms with Crippen LogP contribution in [-0.4, -0.2) is 54.0 Å². The number of halogens is 4. The van der Waals surface area contributed by atoms with Crippen molar-refractivity contribution < 1.29 is 22.7 Å². The van der Waals surface area contributed by atoms with E-state index in [0.29, 0.717) is 42.3 Å². The van der Waals surface area contributed by atoms with Gasteiger partial charge in [0.15, 0.2) is 0 Å². The summed E-state index contributed by atoms with van der Waals surface area (Å²) < 4.78 is 46.2. The molecule has 41 heavy (non-hydrogen) atoms. The van der Waals surface area contributed by atoms with Crippen LogP contribution in [0.1, 0.15) is 52.7 Å². The van der Waals surface area contributed by atoms with Crippen molar-refractivity contribution in [1.29, 1.82) is 0 Å². The van der Waals surface area contributed by atoms with E-state index in [9.17, 15) is 18.0 Å². The van der Waals surface area contributed by atoms with Crippen molar-refractivity contribution in [2.75, 3.05) is 26.2 Å². The van der Waals surface area contributed by atoms with Gasteiger partial charge in [0.1, 0.15) is 11.9 Å². The summed E-state index contributed by atoms with van der Waals surface area (Å²) in [6.45, 7) is 4.28. The topological polar surface area (TPSA) is 44.8 Å². The van der Waals surface area contributed by atoms with Crippen LogP contribution in [0, 0.1) is 0 Å². The maximum atomic E-state index is 13.3. The molecular weight excluding hydrogens is 551 g/mol. The molecule has 3 aromatic carbocycles. The van der Waals surface area contributed by atoms with Crippen LogP contribution in [0.5, 0.6) is 5.75 Å². The second-order valence-electron chi connectivity index (χ2n) is 10.9. The van der Waals surface area contributed by atoms with Crippen LogP contribution >= 0.6 is 11.6 Å². The molecule has 1 amide bonds. The first-order valence-corrected chi connectivity index (χ1v) is 14.5. The summed E-state index contributed by atoms with van der Waals surface area (Å²) in [5.41, 5.74) is 1.49. The van der Waals surface area contributed by atoms with E-state index in [1.165, 1.54) is 17.7 Å². The van der Waals surface area contributed by atoms with Gasteiger partial charge in [-0.15, -0.1) is 0 Å². The highest BCUT2D eigenvalue weighted by atomic mass is 35.5. The van der Waals surface area contributed by atoms with Crippen molar-refractivity contribution in [1.82, 2.24) is 15.1 Å². The van der Waals surface area contributed by atoms with Crippen molar-refractivity contribution >= 4 is 17.5 Å². The average molecular weight is 586 g/mol. The zero-order valence-corrected chi connectivity index (χ0v) is 23.6. The zero-order chi connectivity index (χ0) is 28.8. The number of benzene rings is 3. The Bertz CT molecular complexity index is 1310. The van der Waals surface area contributed by atoms with Gasteiger partial charge in [-0.05, 0) is 61.1 Å². The Morgan fingerprint density at radius 2 is 1.49 bits per heavy atom. The summed E-state index contributed by atoms with van der Waals surface area (Å²) in [6.07, 6.45) is -1.31. The summed E-state index contributed by atoms with van der Waals surface area (Å²) in [6, 6.07) is 21.3. The van der Waals surface area contributed by atoms with E-state index in [4.69, 9.17) is 16.3 Å². The maximum Gasteiger partial charge on any atom is 0.416 e. The molecule has 0 radical (unpaired) electrons. The third kappa shape index (κ3) is 8.03. The monoisotopic (exact) mass is 585 g/mol. The van der Waals surface area contributed by atoms with Crippen LogP contribution in [0.4, 0.5) is 13.2 Å². The van der Waals surface area contributed by atoms with E-state index in [1.807, 2.05) is 11.0 Å². The number of ether oxygens (including phenoxy) is 1. The lowest BCUT2D eigenvalue weighted by Gasteiger charge is -2.33. The predicted octanol–water partition coefficient (Wildman–Crippen LogP) is 6.80. The second-order valence-corrected chi connectivity index (χ2v) is 11.3. The van der Waals surface area contributed by atoms with Gasteiger partial charge in [0.2, 0.25) is 0 Å². The van der Waals surface area contributed by atoms with Crippen LogP contribution in [0.15, 0.2) is 72.8 Å². The van der Waals surface area contributed by atoms with Crippen LogP contribution in [0.2, 0.25) is 5.02 Å².